The molecule has 2 aromatic rings. The summed E-state index contributed by atoms with van der Waals surface area (Å²) >= 11 is 5.78. The predicted octanol–water partition coefficient (Wildman–Crippen LogP) is 2.65. The lowest BCUT2D eigenvalue weighted by atomic mass is 10.1. The summed E-state index contributed by atoms with van der Waals surface area (Å²) in [6.07, 6.45) is 0. The minimum Gasteiger partial charge on any atom is -0.325 e. The normalized spacial score (nSPS) is 10.9. The van der Waals surface area contributed by atoms with E-state index in [4.69, 9.17) is 17.3 Å². The second-order valence-corrected chi connectivity index (χ2v) is 4.28. The smallest absolute Gasteiger partial charge is 0.141 e. The van der Waals surface area contributed by atoms with Crippen molar-refractivity contribution in [1.29, 1.82) is 0 Å². The summed E-state index contributed by atoms with van der Waals surface area (Å²) in [5.74, 6) is -0.422. The minimum atomic E-state index is -0.422. The number of nitrogens with zero attached hydrogens (tertiary/aromatic N) is 2. The van der Waals surface area contributed by atoms with Gasteiger partial charge in [0.2, 0.25) is 0 Å². The van der Waals surface area contributed by atoms with Crippen LogP contribution in [0.15, 0.2) is 18.2 Å². The van der Waals surface area contributed by atoms with Gasteiger partial charge in [0.05, 0.1) is 16.4 Å². The molecule has 3 nitrogen and oxygen atoms in total. The Morgan fingerprint density at radius 2 is 2.18 bits per heavy atom. The Hall–Kier alpha value is -1.39. The van der Waals surface area contributed by atoms with Crippen molar-refractivity contribution in [3.8, 4) is 11.3 Å². The van der Waals surface area contributed by atoms with E-state index >= 15 is 0 Å². The molecular weight excluding hydrogens is 241 g/mol. The summed E-state index contributed by atoms with van der Waals surface area (Å²) in [5.41, 5.74) is 9.18. The molecule has 0 saturated heterocycles. The maximum Gasteiger partial charge on any atom is 0.141 e. The minimum absolute atomic E-state index is 0.109. The van der Waals surface area contributed by atoms with Crippen molar-refractivity contribution in [2.24, 2.45) is 12.8 Å². The summed E-state index contributed by atoms with van der Waals surface area (Å²) in [5, 5.41) is 4.42. The van der Waals surface area contributed by atoms with Gasteiger partial charge in [-0.3, -0.25) is 4.68 Å². The molecule has 0 fully saturated rings. The van der Waals surface area contributed by atoms with Gasteiger partial charge >= 0.3 is 0 Å². The van der Waals surface area contributed by atoms with Crippen LogP contribution in [0.1, 0.15) is 11.3 Å². The number of aromatic nitrogens is 2. The van der Waals surface area contributed by atoms with E-state index in [0.29, 0.717) is 6.54 Å². The van der Waals surface area contributed by atoms with Gasteiger partial charge in [-0.05, 0) is 30.7 Å². The van der Waals surface area contributed by atoms with E-state index in [1.807, 2.05) is 14.0 Å². The second-order valence-electron chi connectivity index (χ2n) is 3.88. The summed E-state index contributed by atoms with van der Waals surface area (Å²) in [7, 11) is 1.83. The van der Waals surface area contributed by atoms with E-state index in [1.165, 1.54) is 6.07 Å². The Bertz CT molecular complexity index is 563. The Morgan fingerprint density at radius 1 is 1.47 bits per heavy atom. The van der Waals surface area contributed by atoms with Crippen LogP contribution >= 0.6 is 11.6 Å². The van der Waals surface area contributed by atoms with Gasteiger partial charge in [-0.25, -0.2) is 4.39 Å². The summed E-state index contributed by atoms with van der Waals surface area (Å²) in [6, 6.07) is 4.64. The zero-order valence-electron chi connectivity index (χ0n) is 9.67. The first-order valence-electron chi connectivity index (χ1n) is 5.22. The van der Waals surface area contributed by atoms with E-state index in [0.717, 1.165) is 22.5 Å². The molecule has 0 saturated carbocycles. The zero-order chi connectivity index (χ0) is 12.6. The fraction of sp³-hybridized carbons (Fsp3) is 0.250. The molecule has 0 radical (unpaired) electrons. The van der Waals surface area contributed by atoms with Crippen molar-refractivity contribution in [2.75, 3.05) is 0 Å². The average molecular weight is 254 g/mol. The molecule has 90 valence electrons. The van der Waals surface area contributed by atoms with Crippen molar-refractivity contribution in [2.45, 2.75) is 13.5 Å². The van der Waals surface area contributed by atoms with Gasteiger partial charge < -0.3 is 5.73 Å². The third kappa shape index (κ3) is 2.06. The molecule has 0 bridgehead atoms. The zero-order valence-corrected chi connectivity index (χ0v) is 10.4. The Balaban J connectivity index is 2.60. The average Bonchev–Trinajstić information content (AvgIpc) is 2.58. The van der Waals surface area contributed by atoms with Crippen LogP contribution in [0.4, 0.5) is 4.39 Å². The number of aryl methyl sites for hydroxylation is 1. The highest BCUT2D eigenvalue weighted by Crippen LogP contribution is 2.28. The van der Waals surface area contributed by atoms with E-state index in [2.05, 4.69) is 5.10 Å². The monoisotopic (exact) mass is 253 g/mol. The van der Waals surface area contributed by atoms with E-state index in [-0.39, 0.29) is 5.02 Å². The second kappa shape index (κ2) is 4.47. The number of hydrogen-bond donors (Lipinski definition) is 1. The molecule has 0 spiro atoms. The van der Waals surface area contributed by atoms with Crippen LogP contribution in [-0.4, -0.2) is 9.78 Å². The lowest BCUT2D eigenvalue weighted by molar-refractivity contribution is 0.628. The van der Waals surface area contributed by atoms with E-state index in [9.17, 15) is 4.39 Å². The van der Waals surface area contributed by atoms with Gasteiger partial charge in [0.1, 0.15) is 5.82 Å². The van der Waals surface area contributed by atoms with Gasteiger partial charge in [0.15, 0.2) is 0 Å². The Kier molecular flexibility index (Phi) is 3.17. The quantitative estimate of drug-likeness (QED) is 0.894. The fourth-order valence-electron chi connectivity index (χ4n) is 1.93. The Labute approximate surface area is 104 Å². The molecular formula is C12H13ClFN3. The van der Waals surface area contributed by atoms with Crippen molar-refractivity contribution in [3.63, 3.8) is 0 Å². The maximum atomic E-state index is 13.1. The number of benzene rings is 1. The van der Waals surface area contributed by atoms with Gasteiger partial charge in [-0.1, -0.05) is 11.6 Å². The first-order valence-corrected chi connectivity index (χ1v) is 5.60. The number of rotatable bonds is 2. The highest BCUT2D eigenvalue weighted by Gasteiger charge is 2.14. The van der Waals surface area contributed by atoms with Crippen LogP contribution in [0.2, 0.25) is 5.02 Å². The highest BCUT2D eigenvalue weighted by molar-refractivity contribution is 6.31. The van der Waals surface area contributed by atoms with Crippen LogP contribution < -0.4 is 5.73 Å². The Morgan fingerprint density at radius 3 is 2.71 bits per heavy atom. The molecule has 2 N–H and O–H groups in total. The molecule has 1 aromatic carbocycles. The summed E-state index contributed by atoms with van der Waals surface area (Å²) < 4.78 is 14.8. The molecule has 0 amide bonds. The highest BCUT2D eigenvalue weighted by atomic mass is 35.5. The first-order chi connectivity index (χ1) is 8.04. The van der Waals surface area contributed by atoms with Crippen molar-refractivity contribution in [1.82, 2.24) is 9.78 Å². The van der Waals surface area contributed by atoms with Crippen LogP contribution in [0, 0.1) is 12.7 Å². The summed E-state index contributed by atoms with van der Waals surface area (Å²) in [4.78, 5) is 0. The van der Waals surface area contributed by atoms with Crippen LogP contribution in [0.5, 0.6) is 0 Å². The third-order valence-electron chi connectivity index (χ3n) is 2.77. The van der Waals surface area contributed by atoms with Gasteiger partial charge in [-0.15, -0.1) is 0 Å². The number of nitrogens with two attached hydrogens (primary N) is 1. The number of halogens is 2. The molecule has 0 atom stereocenters. The molecule has 5 heteroatoms. The standard InChI is InChI=1S/C12H13ClFN3/c1-7-11(6-15)16-17(2)12(7)8-3-4-10(14)9(13)5-8/h3-5H,6,15H2,1-2H3. The third-order valence-corrected chi connectivity index (χ3v) is 3.06. The molecule has 0 aliphatic heterocycles. The van der Waals surface area contributed by atoms with Crippen molar-refractivity contribution < 1.29 is 4.39 Å². The predicted molar refractivity (Wildman–Crippen MR) is 66.2 cm³/mol. The lowest BCUT2D eigenvalue weighted by Crippen LogP contribution is -1.99. The SMILES string of the molecule is Cc1c(CN)nn(C)c1-c1ccc(F)c(Cl)c1. The van der Waals surface area contributed by atoms with Gasteiger partial charge in [-0.2, -0.15) is 5.10 Å². The van der Waals surface area contributed by atoms with Crippen LogP contribution in [-0.2, 0) is 13.6 Å². The van der Waals surface area contributed by atoms with Crippen molar-refractivity contribution in [3.05, 3.63) is 40.3 Å². The molecule has 2 rings (SSSR count). The van der Waals surface area contributed by atoms with Crippen LogP contribution in [0.25, 0.3) is 11.3 Å². The molecule has 0 aliphatic carbocycles. The van der Waals surface area contributed by atoms with Gasteiger partial charge in [0.25, 0.3) is 0 Å². The topological polar surface area (TPSA) is 43.8 Å². The molecule has 0 aliphatic rings. The summed E-state index contributed by atoms with van der Waals surface area (Å²) in [6.45, 7) is 2.33. The van der Waals surface area contributed by atoms with Crippen LogP contribution in [0.3, 0.4) is 0 Å². The van der Waals surface area contributed by atoms with Crippen molar-refractivity contribution >= 4 is 11.6 Å². The lowest BCUT2D eigenvalue weighted by Gasteiger charge is -2.05. The van der Waals surface area contributed by atoms with Gasteiger partial charge in [0, 0.05) is 19.2 Å². The van der Waals surface area contributed by atoms with E-state index < -0.39 is 5.82 Å². The largest absolute Gasteiger partial charge is 0.325 e. The van der Waals surface area contributed by atoms with E-state index in [1.54, 1.807) is 16.8 Å². The molecule has 0 unspecified atom stereocenters. The first kappa shape index (κ1) is 12.1. The molecule has 1 aromatic heterocycles. The molecule has 1 heterocycles. The molecule has 17 heavy (non-hydrogen) atoms. The fourth-order valence-corrected chi connectivity index (χ4v) is 2.11. The maximum absolute atomic E-state index is 13.1. The number of hydrogen-bond acceptors (Lipinski definition) is 2.